The Hall–Kier alpha value is -2.73. The molecule has 6 nitrogen and oxygen atoms in total. The molecule has 1 aromatic rings. The summed E-state index contributed by atoms with van der Waals surface area (Å²) in [5.74, 6) is 0.0538. The van der Waals surface area contributed by atoms with E-state index in [1.165, 1.54) is 4.90 Å². The van der Waals surface area contributed by atoms with Crippen LogP contribution < -0.4 is 5.32 Å². The van der Waals surface area contributed by atoms with Gasteiger partial charge in [0.05, 0.1) is 11.6 Å². The molecule has 1 unspecified atom stereocenters. The van der Waals surface area contributed by atoms with Gasteiger partial charge in [0.1, 0.15) is 5.84 Å². The molecule has 128 valence electrons. The first-order valence-corrected chi connectivity index (χ1v) is 8.25. The third kappa shape index (κ3) is 3.69. The largest absolute Gasteiger partial charge is 0.349 e. The van der Waals surface area contributed by atoms with Crippen LogP contribution in [0.2, 0.25) is 5.02 Å². The lowest BCUT2D eigenvalue weighted by atomic mass is 9.94. The second-order valence-electron chi connectivity index (χ2n) is 5.91. The fraction of sp³-hybridized carbons (Fsp3) is 0.222. The van der Waals surface area contributed by atoms with Gasteiger partial charge in [-0.1, -0.05) is 29.8 Å². The van der Waals surface area contributed by atoms with Gasteiger partial charge in [0, 0.05) is 16.8 Å². The Bertz CT molecular complexity index is 822. The van der Waals surface area contributed by atoms with Gasteiger partial charge in [-0.05, 0) is 44.2 Å². The molecule has 0 bridgehead atoms. The van der Waals surface area contributed by atoms with Gasteiger partial charge in [-0.2, -0.15) is 9.98 Å². The van der Waals surface area contributed by atoms with Crippen molar-refractivity contribution in [3.05, 3.63) is 53.6 Å². The first-order chi connectivity index (χ1) is 12.0. The van der Waals surface area contributed by atoms with Gasteiger partial charge in [0.25, 0.3) is 0 Å². The number of carbonyl (C=O) groups excluding carboxylic acids is 2. The van der Waals surface area contributed by atoms with Crippen LogP contribution in [0.4, 0.5) is 15.3 Å². The maximum Gasteiger partial charge on any atom is 0.349 e. The summed E-state index contributed by atoms with van der Waals surface area (Å²) in [7, 11) is 0. The molecule has 1 heterocycles. The van der Waals surface area contributed by atoms with Gasteiger partial charge in [-0.3, -0.25) is 4.90 Å². The van der Waals surface area contributed by atoms with Crippen molar-refractivity contribution in [2.75, 3.05) is 5.32 Å². The number of nitrogens with one attached hydrogen (secondary N) is 1. The Morgan fingerprint density at radius 1 is 1.28 bits per heavy atom. The summed E-state index contributed by atoms with van der Waals surface area (Å²) in [5.41, 5.74) is 1.16. The van der Waals surface area contributed by atoms with Crippen molar-refractivity contribution >= 4 is 40.9 Å². The van der Waals surface area contributed by atoms with Gasteiger partial charge in [0.15, 0.2) is 0 Å². The molecule has 0 aromatic heterocycles. The normalized spacial score (nSPS) is 20.7. The minimum atomic E-state index is -0.556. The molecule has 4 amide bonds. The number of urea groups is 2. The topological polar surface area (TPSA) is 74.1 Å². The standard InChI is InChI=1S/C18H17ClN4O2/c1-11(2)23-16(14-5-3-4-6-15(14)21-18(23)25)22-17(24)20-13-9-7-12(19)8-10-13/h3-11,14H,1-2H3,(H,20,24)/b22-16+. The summed E-state index contributed by atoms with van der Waals surface area (Å²) >= 11 is 5.84. The van der Waals surface area contributed by atoms with Crippen LogP contribution in [0, 0.1) is 5.92 Å². The number of amidine groups is 1. The zero-order valence-corrected chi connectivity index (χ0v) is 14.6. The van der Waals surface area contributed by atoms with Crippen LogP contribution in [0.3, 0.4) is 0 Å². The van der Waals surface area contributed by atoms with E-state index in [-0.39, 0.29) is 12.0 Å². The Balaban J connectivity index is 1.91. The number of allylic oxidation sites excluding steroid dienone is 3. The zero-order valence-electron chi connectivity index (χ0n) is 13.8. The number of anilines is 1. The molecular formula is C18H17ClN4O2. The Kier molecular flexibility index (Phi) is 4.81. The van der Waals surface area contributed by atoms with E-state index in [1.807, 2.05) is 26.0 Å². The van der Waals surface area contributed by atoms with Crippen LogP contribution in [-0.2, 0) is 0 Å². The first kappa shape index (κ1) is 17.1. The third-order valence-corrected chi connectivity index (χ3v) is 4.04. The van der Waals surface area contributed by atoms with Crippen molar-refractivity contribution < 1.29 is 9.59 Å². The highest BCUT2D eigenvalue weighted by Crippen LogP contribution is 2.23. The maximum atomic E-state index is 12.4. The molecule has 25 heavy (non-hydrogen) atoms. The van der Waals surface area contributed by atoms with Crippen molar-refractivity contribution in [3.8, 4) is 0 Å². The second kappa shape index (κ2) is 7.03. The minimum Gasteiger partial charge on any atom is -0.306 e. The smallest absolute Gasteiger partial charge is 0.306 e. The van der Waals surface area contributed by atoms with Gasteiger partial charge in [-0.15, -0.1) is 0 Å². The number of aliphatic imine (C=N–C) groups is 2. The Morgan fingerprint density at radius 2 is 2.00 bits per heavy atom. The molecule has 0 saturated heterocycles. The summed E-state index contributed by atoms with van der Waals surface area (Å²) in [4.78, 5) is 34.4. The average molecular weight is 357 g/mol. The SMILES string of the molecule is CC(C)N1C(=O)N=C2C=CC=CC2/C1=N\C(=O)Nc1ccc(Cl)cc1. The summed E-state index contributed by atoms with van der Waals surface area (Å²) in [6.45, 7) is 3.71. The summed E-state index contributed by atoms with van der Waals surface area (Å²) in [6, 6.07) is 5.58. The maximum absolute atomic E-state index is 12.4. The molecule has 3 rings (SSSR count). The highest BCUT2D eigenvalue weighted by Gasteiger charge is 2.35. The highest BCUT2D eigenvalue weighted by atomic mass is 35.5. The summed E-state index contributed by atoms with van der Waals surface area (Å²) in [5, 5.41) is 3.26. The molecule has 0 spiro atoms. The number of rotatable bonds is 2. The van der Waals surface area contributed by atoms with Gasteiger partial charge < -0.3 is 5.32 Å². The number of carbonyl (C=O) groups is 2. The monoisotopic (exact) mass is 356 g/mol. The van der Waals surface area contributed by atoms with Gasteiger partial charge in [-0.25, -0.2) is 9.59 Å². The predicted octanol–water partition coefficient (Wildman–Crippen LogP) is 4.30. The Labute approximate surface area is 150 Å². The molecule has 1 aromatic carbocycles. The van der Waals surface area contributed by atoms with Gasteiger partial charge >= 0.3 is 12.1 Å². The predicted molar refractivity (Wildman–Crippen MR) is 99.5 cm³/mol. The average Bonchev–Trinajstić information content (AvgIpc) is 2.56. The van der Waals surface area contributed by atoms with E-state index in [4.69, 9.17) is 11.6 Å². The van der Waals surface area contributed by atoms with Crippen molar-refractivity contribution in [1.82, 2.24) is 4.90 Å². The third-order valence-electron chi connectivity index (χ3n) is 3.78. The van der Waals surface area contributed by atoms with Crippen LogP contribution in [0.5, 0.6) is 0 Å². The van der Waals surface area contributed by atoms with Crippen molar-refractivity contribution in [2.45, 2.75) is 19.9 Å². The Morgan fingerprint density at radius 3 is 2.68 bits per heavy atom. The highest BCUT2D eigenvalue weighted by molar-refractivity contribution is 6.30. The van der Waals surface area contributed by atoms with E-state index < -0.39 is 12.1 Å². The summed E-state index contributed by atoms with van der Waals surface area (Å²) in [6.07, 6.45) is 7.28. The fourth-order valence-corrected chi connectivity index (χ4v) is 2.79. The molecule has 1 aliphatic carbocycles. The first-order valence-electron chi connectivity index (χ1n) is 7.87. The van der Waals surface area contributed by atoms with E-state index >= 15 is 0 Å². The molecule has 0 saturated carbocycles. The summed E-state index contributed by atoms with van der Waals surface area (Å²) < 4.78 is 0. The van der Waals surface area contributed by atoms with Crippen LogP contribution in [-0.4, -0.2) is 34.6 Å². The number of fused-ring (bicyclic) bond motifs is 1. The molecule has 1 N–H and O–H groups in total. The van der Waals surface area contributed by atoms with E-state index in [0.717, 1.165) is 0 Å². The number of benzene rings is 1. The number of hydrogen-bond donors (Lipinski definition) is 1. The van der Waals surface area contributed by atoms with Crippen LogP contribution in [0.25, 0.3) is 0 Å². The molecular weight excluding hydrogens is 340 g/mol. The lowest BCUT2D eigenvalue weighted by Gasteiger charge is -2.34. The van der Waals surface area contributed by atoms with Gasteiger partial charge in [0.2, 0.25) is 0 Å². The molecule has 1 aliphatic heterocycles. The fourth-order valence-electron chi connectivity index (χ4n) is 2.67. The second-order valence-corrected chi connectivity index (χ2v) is 6.35. The van der Waals surface area contributed by atoms with E-state index in [2.05, 4.69) is 15.3 Å². The van der Waals surface area contributed by atoms with Crippen LogP contribution in [0.15, 0.2) is 58.6 Å². The van der Waals surface area contributed by atoms with E-state index in [9.17, 15) is 9.59 Å². The number of halogens is 1. The van der Waals surface area contributed by atoms with Crippen molar-refractivity contribution in [2.24, 2.45) is 15.9 Å². The number of nitrogens with zero attached hydrogens (tertiary/aromatic N) is 3. The molecule has 0 radical (unpaired) electrons. The van der Waals surface area contributed by atoms with Crippen LogP contribution >= 0.6 is 11.6 Å². The molecule has 7 heteroatoms. The molecule has 2 aliphatic rings. The van der Waals surface area contributed by atoms with E-state index in [1.54, 1.807) is 36.4 Å². The lowest BCUT2D eigenvalue weighted by Crippen LogP contribution is -2.49. The van der Waals surface area contributed by atoms with Crippen molar-refractivity contribution in [1.29, 1.82) is 0 Å². The molecule has 1 atom stereocenters. The van der Waals surface area contributed by atoms with Crippen molar-refractivity contribution in [3.63, 3.8) is 0 Å². The number of hydrogen-bond acceptors (Lipinski definition) is 2. The lowest BCUT2D eigenvalue weighted by molar-refractivity contribution is 0.220. The number of amides is 4. The quantitative estimate of drug-likeness (QED) is 0.857. The van der Waals surface area contributed by atoms with E-state index in [0.29, 0.717) is 22.3 Å². The minimum absolute atomic E-state index is 0.167. The molecule has 0 fully saturated rings. The zero-order chi connectivity index (χ0) is 18.0. The van der Waals surface area contributed by atoms with Crippen LogP contribution in [0.1, 0.15) is 13.8 Å².